The Labute approximate surface area is 255 Å². The van der Waals surface area contributed by atoms with Gasteiger partial charge in [0.2, 0.25) is 0 Å². The lowest BCUT2D eigenvalue weighted by Gasteiger charge is -2.49. The van der Waals surface area contributed by atoms with Crippen LogP contribution in [0.4, 0.5) is 5.13 Å². The van der Waals surface area contributed by atoms with Gasteiger partial charge in [-0.1, -0.05) is 5.16 Å². The molecular weight excluding hydrogens is 623 g/mol. The quantitative estimate of drug-likeness (QED) is 0.0525. The number of ketones is 1. The molecule has 1 fully saturated rings. The van der Waals surface area contributed by atoms with Crippen LogP contribution in [0.3, 0.4) is 0 Å². The smallest absolute Gasteiger partial charge is 0.352 e. The molecule has 3 aliphatic rings. The van der Waals surface area contributed by atoms with Crippen LogP contribution in [-0.2, 0) is 31.1 Å². The first kappa shape index (κ1) is 30.4. The maximum atomic E-state index is 13.3. The number of hydrogen-bond donors (Lipinski definition) is 5. The van der Waals surface area contributed by atoms with E-state index in [-0.39, 0.29) is 22.2 Å². The van der Waals surface area contributed by atoms with Crippen LogP contribution in [0.1, 0.15) is 5.69 Å². The number of pyridine rings is 1. The highest BCUT2D eigenvalue weighted by atomic mass is 32.2. The Bertz CT molecular complexity index is 1600. The number of nitrogens with two attached hydrogens (primary N) is 1. The molecule has 1 saturated heterocycles. The fourth-order valence-electron chi connectivity index (χ4n) is 4.15. The topological polar surface area (TPSA) is 221 Å². The first-order chi connectivity index (χ1) is 20.5. The zero-order chi connectivity index (χ0) is 30.8. The third-order valence-electron chi connectivity index (χ3n) is 6.32. The second kappa shape index (κ2) is 12.6. The summed E-state index contributed by atoms with van der Waals surface area (Å²) in [6.07, 6.45) is 2.21. The molecule has 18 heteroatoms. The lowest BCUT2D eigenvalue weighted by atomic mass is 10.0. The molecule has 0 bridgehead atoms. The van der Waals surface area contributed by atoms with E-state index in [9.17, 15) is 34.5 Å². The molecule has 0 aliphatic carbocycles. The number of thiazole rings is 1. The number of β-lactam (4-membered cyclic amide) rings is 1. The minimum Gasteiger partial charge on any atom is -0.477 e. The summed E-state index contributed by atoms with van der Waals surface area (Å²) in [5.41, 5.74) is 5.46. The van der Waals surface area contributed by atoms with Gasteiger partial charge in [-0.3, -0.25) is 24.3 Å². The van der Waals surface area contributed by atoms with E-state index < -0.39 is 53.1 Å². The van der Waals surface area contributed by atoms with Crippen molar-refractivity contribution in [1.29, 1.82) is 0 Å². The fraction of sp³-hybridized carbons (Fsp3) is 0.280. The van der Waals surface area contributed by atoms with Crippen LogP contribution >= 0.6 is 34.9 Å². The van der Waals surface area contributed by atoms with Gasteiger partial charge in [0, 0.05) is 46.2 Å². The summed E-state index contributed by atoms with van der Waals surface area (Å²) in [6.45, 7) is 0. The first-order valence-corrected chi connectivity index (χ1v) is 15.3. The number of fused-ring (bicyclic) bond motifs is 1. The Hall–Kier alpha value is -4.10. The zero-order valence-electron chi connectivity index (χ0n) is 22.2. The minimum atomic E-state index is -1.88. The first-order valence-electron chi connectivity index (χ1n) is 12.4. The van der Waals surface area contributed by atoms with E-state index >= 15 is 0 Å². The van der Waals surface area contributed by atoms with Crippen molar-refractivity contribution in [3.8, 4) is 0 Å². The largest absolute Gasteiger partial charge is 0.477 e. The van der Waals surface area contributed by atoms with Gasteiger partial charge >= 0.3 is 5.97 Å². The van der Waals surface area contributed by atoms with Crippen LogP contribution < -0.4 is 15.6 Å². The van der Waals surface area contributed by atoms with Gasteiger partial charge in [-0.15, -0.1) is 34.9 Å². The summed E-state index contributed by atoms with van der Waals surface area (Å²) in [4.78, 5) is 65.2. The standard InChI is InChI=1S/C25H23N7O8S3/c1-31-4-2-12(3-5-31)41-8-11-9-42-22-18(21(36)32(22)19(11)23(37)38)29-20(35)17(14-10-43-25(26)28-14)30-40-24(39)13-6-15(33)16(34)7-27-13/h2-7,10,16,18,22,24,34,39H,8-9H2,1H3,(H3-,26,28,29,35,37,38)/p+1/b30-17-/t16?,18-,22-,24?/m1/s1. The van der Waals surface area contributed by atoms with E-state index in [1.165, 1.54) is 33.8 Å². The Balaban J connectivity index is 1.30. The minimum absolute atomic E-state index is 0.0142. The molecule has 5 heterocycles. The third kappa shape index (κ3) is 6.47. The van der Waals surface area contributed by atoms with Crippen molar-refractivity contribution in [2.24, 2.45) is 17.2 Å². The van der Waals surface area contributed by atoms with E-state index in [2.05, 4.69) is 20.4 Å². The predicted molar refractivity (Wildman–Crippen MR) is 156 cm³/mol. The van der Waals surface area contributed by atoms with Crippen molar-refractivity contribution in [3.05, 3.63) is 58.6 Å². The number of rotatable bonds is 10. The summed E-state index contributed by atoms with van der Waals surface area (Å²) in [6, 6.07) is 2.74. The maximum Gasteiger partial charge on any atom is 0.352 e. The van der Waals surface area contributed by atoms with Gasteiger partial charge in [-0.2, -0.15) is 0 Å². The molecule has 6 N–H and O–H groups in total. The maximum absolute atomic E-state index is 13.3. The molecule has 0 spiro atoms. The highest BCUT2D eigenvalue weighted by Gasteiger charge is 2.54. The number of carbonyl (C=O) groups is 4. The number of aliphatic carboxylic acids is 1. The normalized spacial score (nSPS) is 22.5. The number of nitrogens with zero attached hydrogens (tertiary/aromatic N) is 5. The molecule has 2 aromatic rings. The molecule has 3 aliphatic heterocycles. The highest BCUT2D eigenvalue weighted by Crippen LogP contribution is 2.41. The van der Waals surface area contributed by atoms with Gasteiger partial charge in [-0.25, -0.2) is 14.3 Å². The summed E-state index contributed by atoms with van der Waals surface area (Å²) in [5, 5.41) is 36.8. The van der Waals surface area contributed by atoms with Gasteiger partial charge in [0.1, 0.15) is 35.6 Å². The number of carbonyl (C=O) groups excluding carboxylic acids is 3. The molecule has 43 heavy (non-hydrogen) atoms. The number of oxime groups is 1. The summed E-state index contributed by atoms with van der Waals surface area (Å²) in [7, 11) is 1.89. The van der Waals surface area contributed by atoms with Crippen LogP contribution in [0.2, 0.25) is 0 Å². The third-order valence-corrected chi connectivity index (χ3v) is 9.43. The molecule has 0 saturated carbocycles. The monoisotopic (exact) mass is 646 g/mol. The fourth-order valence-corrected chi connectivity index (χ4v) is 7.07. The number of amides is 2. The number of aryl methyl sites for hydroxylation is 1. The SMILES string of the molecule is C[n+]1ccc(SCC2=C(C(=O)O)N3C(=O)[C@@H](NC(=O)/C(=N\OC(O)C4=CC(=O)C(O)C=N4)c4csc(N)n4)[C@H]3SC2)cc1. The average Bonchev–Trinajstić information content (AvgIpc) is 3.41. The molecule has 2 amide bonds. The van der Waals surface area contributed by atoms with Crippen LogP contribution in [0.15, 0.2) is 68.0 Å². The van der Waals surface area contributed by atoms with Crippen molar-refractivity contribution in [1.82, 2.24) is 15.2 Å². The van der Waals surface area contributed by atoms with Crippen molar-refractivity contribution in [3.63, 3.8) is 0 Å². The van der Waals surface area contributed by atoms with Gasteiger partial charge in [0.15, 0.2) is 35.1 Å². The Morgan fingerprint density at radius 3 is 2.74 bits per heavy atom. The van der Waals surface area contributed by atoms with Crippen molar-refractivity contribution in [2.75, 3.05) is 17.2 Å². The summed E-state index contributed by atoms with van der Waals surface area (Å²) in [5.74, 6) is -2.80. The van der Waals surface area contributed by atoms with E-state index in [0.29, 0.717) is 17.1 Å². The second-order valence-electron chi connectivity index (χ2n) is 9.27. The van der Waals surface area contributed by atoms with E-state index in [1.54, 1.807) is 0 Å². The second-order valence-corrected chi connectivity index (χ2v) is 12.3. The van der Waals surface area contributed by atoms with Crippen LogP contribution in [0.25, 0.3) is 0 Å². The molecule has 4 atom stereocenters. The van der Waals surface area contributed by atoms with Gasteiger partial charge in [-0.05, 0) is 5.57 Å². The molecule has 2 aromatic heterocycles. The Kier molecular flexibility index (Phi) is 8.92. The van der Waals surface area contributed by atoms with Gasteiger partial charge in [0.05, 0.1) is 0 Å². The molecule has 0 radical (unpaired) electrons. The van der Waals surface area contributed by atoms with Gasteiger partial charge in [0.25, 0.3) is 18.1 Å². The van der Waals surface area contributed by atoms with Gasteiger partial charge < -0.3 is 31.2 Å². The Morgan fingerprint density at radius 2 is 2.09 bits per heavy atom. The van der Waals surface area contributed by atoms with E-state index in [4.69, 9.17) is 10.6 Å². The van der Waals surface area contributed by atoms with Crippen molar-refractivity contribution >= 4 is 75.5 Å². The Morgan fingerprint density at radius 1 is 1.35 bits per heavy atom. The number of hydrogen-bond acceptors (Lipinski definition) is 14. The molecule has 2 unspecified atom stereocenters. The van der Waals surface area contributed by atoms with E-state index in [1.807, 2.05) is 36.1 Å². The number of aliphatic imine (C=N–C) groups is 1. The number of aromatic nitrogens is 2. The number of nitrogen functional groups attached to an aromatic ring is 1. The molecule has 5 rings (SSSR count). The number of aliphatic hydroxyl groups excluding tert-OH is 2. The van der Waals surface area contributed by atoms with Crippen molar-refractivity contribution in [2.45, 2.75) is 28.7 Å². The zero-order valence-corrected chi connectivity index (χ0v) is 24.6. The lowest BCUT2D eigenvalue weighted by molar-refractivity contribution is -0.671. The highest BCUT2D eigenvalue weighted by molar-refractivity contribution is 8.01. The number of anilines is 1. The number of carboxylic acid groups (broad SMARTS) is 1. The molecule has 0 aromatic carbocycles. The number of nitrogens with one attached hydrogen (secondary N) is 1. The van der Waals surface area contributed by atoms with Crippen molar-refractivity contribution < 1.29 is 43.9 Å². The lowest BCUT2D eigenvalue weighted by Crippen LogP contribution is -2.71. The number of carboxylic acids is 1. The predicted octanol–water partition coefficient (Wildman–Crippen LogP) is -0.982. The number of aliphatic hydroxyl groups is 2. The molecule has 15 nitrogen and oxygen atoms in total. The summed E-state index contributed by atoms with van der Waals surface area (Å²) >= 11 is 3.77. The van der Waals surface area contributed by atoms with Crippen LogP contribution in [0.5, 0.6) is 0 Å². The summed E-state index contributed by atoms with van der Waals surface area (Å²) < 4.78 is 1.88. The van der Waals surface area contributed by atoms with E-state index in [0.717, 1.165) is 28.5 Å². The van der Waals surface area contributed by atoms with Crippen LogP contribution in [0, 0.1) is 0 Å². The molecular formula is C25H24N7O8S3+. The van der Waals surface area contributed by atoms with Crippen LogP contribution in [-0.4, -0.2) is 96.0 Å². The number of thioether (sulfide) groups is 2. The molecule has 224 valence electrons. The average molecular weight is 647 g/mol.